The van der Waals surface area contributed by atoms with Crippen molar-refractivity contribution in [3.8, 4) is 5.75 Å². The van der Waals surface area contributed by atoms with Crippen LogP contribution in [0, 0.1) is 0 Å². The predicted molar refractivity (Wildman–Crippen MR) is 96.7 cm³/mol. The van der Waals surface area contributed by atoms with E-state index in [0.717, 1.165) is 19.3 Å². The van der Waals surface area contributed by atoms with Crippen LogP contribution in [0.25, 0.3) is 0 Å². The molecule has 2 N–H and O–H groups in total. The summed E-state index contributed by atoms with van der Waals surface area (Å²) in [4.78, 5) is 24.3. The van der Waals surface area contributed by atoms with Crippen molar-refractivity contribution in [3.05, 3.63) is 44.8 Å². The van der Waals surface area contributed by atoms with Crippen molar-refractivity contribution in [1.29, 1.82) is 0 Å². The van der Waals surface area contributed by atoms with Crippen molar-refractivity contribution in [3.63, 3.8) is 0 Å². The van der Waals surface area contributed by atoms with Gasteiger partial charge in [0, 0.05) is 23.3 Å². The van der Waals surface area contributed by atoms with Gasteiger partial charge in [-0.1, -0.05) is 18.0 Å². The maximum Gasteiger partial charge on any atom is 0.275 e. The lowest BCUT2D eigenvalue weighted by Crippen LogP contribution is -2.16. The van der Waals surface area contributed by atoms with Crippen LogP contribution in [-0.2, 0) is 9.73 Å². The van der Waals surface area contributed by atoms with E-state index in [2.05, 4.69) is 14.6 Å². The molecule has 0 saturated carbocycles. The zero-order chi connectivity index (χ0) is 18.0. The molecule has 1 fully saturated rings. The molecule has 0 bridgehead atoms. The number of methoxy groups -OCH3 is 1. The number of hydrogen-bond donors (Lipinski definition) is 2. The van der Waals surface area contributed by atoms with Gasteiger partial charge in [-0.2, -0.15) is 4.36 Å². The highest BCUT2D eigenvalue weighted by Gasteiger charge is 2.23. The monoisotopic (exact) mass is 383 g/mol. The first kappa shape index (κ1) is 17.8. The van der Waals surface area contributed by atoms with Crippen LogP contribution < -0.4 is 10.3 Å². The molecule has 1 aromatic carbocycles. The van der Waals surface area contributed by atoms with Gasteiger partial charge in [0.15, 0.2) is 0 Å². The molecule has 1 aromatic heterocycles. The number of halogens is 1. The van der Waals surface area contributed by atoms with E-state index in [-0.39, 0.29) is 21.8 Å². The minimum atomic E-state index is -2.43. The number of benzene rings is 1. The average Bonchev–Trinajstić information content (AvgIpc) is 3.02. The Kier molecular flexibility index (Phi) is 5.01. The van der Waals surface area contributed by atoms with Gasteiger partial charge < -0.3 is 9.84 Å². The topological polar surface area (TPSA) is 104 Å². The molecule has 0 spiro atoms. The number of carbonyl (C=O) groups is 1. The van der Waals surface area contributed by atoms with E-state index in [1.54, 1.807) is 6.07 Å². The molecule has 0 radical (unpaired) electrons. The van der Waals surface area contributed by atoms with Gasteiger partial charge >= 0.3 is 0 Å². The first-order valence-corrected chi connectivity index (χ1v) is 10.1. The second kappa shape index (κ2) is 7.05. The van der Waals surface area contributed by atoms with E-state index < -0.39 is 21.1 Å². The first-order chi connectivity index (χ1) is 11.9. The van der Waals surface area contributed by atoms with E-state index >= 15 is 0 Å². The minimum Gasteiger partial charge on any atom is -0.494 e. The quantitative estimate of drug-likeness (QED) is 0.792. The number of aromatic nitrogens is 2. The minimum absolute atomic E-state index is 0.0400. The summed E-state index contributed by atoms with van der Waals surface area (Å²) in [5.74, 6) is 0.813. The maximum absolute atomic E-state index is 12.9. The van der Waals surface area contributed by atoms with E-state index in [9.17, 15) is 13.8 Å². The third-order valence-electron chi connectivity index (χ3n) is 4.12. The standard InChI is InChI=1S/C16H18ClN3O4S/c1-24-12-6-5-10(15(21)11-9-18-19-16(11)22)13(17)14(12)20-25(23)7-3-2-4-8-25/h5-6,9H,2-4,7-8H2,1H3,(H2,18,19,22). The fourth-order valence-electron chi connectivity index (χ4n) is 2.78. The third kappa shape index (κ3) is 3.50. The Morgan fingerprint density at radius 2 is 1.96 bits per heavy atom. The second-order valence-electron chi connectivity index (χ2n) is 5.80. The second-order valence-corrected chi connectivity index (χ2v) is 8.72. The Balaban J connectivity index is 2.14. The van der Waals surface area contributed by atoms with Crippen molar-refractivity contribution < 1.29 is 13.7 Å². The molecule has 1 aliphatic rings. The van der Waals surface area contributed by atoms with Crippen LogP contribution in [0.2, 0.25) is 5.02 Å². The molecule has 0 unspecified atom stereocenters. The molecule has 3 rings (SSSR count). The summed E-state index contributed by atoms with van der Waals surface area (Å²) < 4.78 is 22.6. The highest BCUT2D eigenvalue weighted by Crippen LogP contribution is 2.39. The average molecular weight is 384 g/mol. The number of H-pyrrole nitrogens is 2. The van der Waals surface area contributed by atoms with Crippen LogP contribution in [0.4, 0.5) is 5.69 Å². The van der Waals surface area contributed by atoms with Gasteiger partial charge in [-0.25, -0.2) is 4.21 Å². The molecule has 1 aliphatic heterocycles. The number of aromatic amines is 2. The van der Waals surface area contributed by atoms with Crippen LogP contribution >= 0.6 is 11.6 Å². The molecular weight excluding hydrogens is 366 g/mol. The number of hydrogen-bond acceptors (Lipinski definition) is 5. The van der Waals surface area contributed by atoms with E-state index in [4.69, 9.17) is 16.3 Å². The summed E-state index contributed by atoms with van der Waals surface area (Å²) in [5.41, 5.74) is -0.271. The first-order valence-electron chi connectivity index (χ1n) is 7.85. The van der Waals surface area contributed by atoms with E-state index in [0.29, 0.717) is 17.3 Å². The Morgan fingerprint density at radius 3 is 2.56 bits per heavy atom. The van der Waals surface area contributed by atoms with E-state index in [1.807, 2.05) is 0 Å². The number of carbonyl (C=O) groups excluding carboxylic acids is 1. The zero-order valence-corrected chi connectivity index (χ0v) is 15.2. The molecule has 0 amide bonds. The van der Waals surface area contributed by atoms with Crippen molar-refractivity contribution in [2.24, 2.45) is 4.36 Å². The lowest BCUT2D eigenvalue weighted by molar-refractivity contribution is 0.103. The predicted octanol–water partition coefficient (Wildman–Crippen LogP) is 2.88. The summed E-state index contributed by atoms with van der Waals surface area (Å²) in [6, 6.07) is 3.02. The third-order valence-corrected chi connectivity index (χ3v) is 6.87. The van der Waals surface area contributed by atoms with Gasteiger partial charge in [0.25, 0.3) is 5.56 Å². The Labute approximate surface area is 149 Å². The van der Waals surface area contributed by atoms with Gasteiger partial charge in [0.2, 0.25) is 5.78 Å². The highest BCUT2D eigenvalue weighted by molar-refractivity contribution is 7.93. The van der Waals surface area contributed by atoms with Crippen LogP contribution in [0.15, 0.2) is 27.5 Å². The molecule has 9 heteroatoms. The molecule has 0 aliphatic carbocycles. The summed E-state index contributed by atoms with van der Waals surface area (Å²) in [6.45, 7) is 0. The SMILES string of the molecule is COc1ccc(C(=O)c2c[nH][nH]c2=O)c(Cl)c1N=S1(=O)CCCCC1. The van der Waals surface area contributed by atoms with Crippen LogP contribution in [0.5, 0.6) is 5.75 Å². The lowest BCUT2D eigenvalue weighted by atomic mass is 10.1. The molecule has 0 atom stereocenters. The van der Waals surface area contributed by atoms with Crippen LogP contribution in [0.3, 0.4) is 0 Å². The fraction of sp³-hybridized carbons (Fsp3) is 0.375. The summed E-state index contributed by atoms with van der Waals surface area (Å²) in [7, 11) is -0.973. The number of ether oxygens (including phenoxy) is 1. The lowest BCUT2D eigenvalue weighted by Gasteiger charge is -2.17. The van der Waals surface area contributed by atoms with E-state index in [1.165, 1.54) is 19.4 Å². The smallest absolute Gasteiger partial charge is 0.275 e. The van der Waals surface area contributed by atoms with Crippen molar-refractivity contribution in [2.45, 2.75) is 19.3 Å². The zero-order valence-electron chi connectivity index (χ0n) is 13.6. The van der Waals surface area contributed by atoms with Crippen molar-refractivity contribution in [2.75, 3.05) is 18.6 Å². The summed E-state index contributed by atoms with van der Waals surface area (Å²) in [5, 5.41) is 4.83. The fourth-order valence-corrected chi connectivity index (χ4v) is 5.33. The molecular formula is C16H18ClN3O4S. The van der Waals surface area contributed by atoms with Crippen LogP contribution in [0.1, 0.15) is 35.2 Å². The van der Waals surface area contributed by atoms with Gasteiger partial charge in [-0.3, -0.25) is 14.7 Å². The van der Waals surface area contributed by atoms with Crippen LogP contribution in [-0.4, -0.2) is 38.8 Å². The summed E-state index contributed by atoms with van der Waals surface area (Å²) >= 11 is 6.40. The van der Waals surface area contributed by atoms with Gasteiger partial charge in [0.1, 0.15) is 17.0 Å². The Hall–Kier alpha value is -2.06. The summed E-state index contributed by atoms with van der Waals surface area (Å²) in [6.07, 6.45) is 4.01. The van der Waals surface area contributed by atoms with Gasteiger partial charge in [-0.05, 0) is 25.0 Å². The van der Waals surface area contributed by atoms with Crippen molar-refractivity contribution >= 4 is 32.8 Å². The number of ketones is 1. The normalized spacial score (nSPS) is 16.4. The van der Waals surface area contributed by atoms with Crippen molar-refractivity contribution in [1.82, 2.24) is 10.2 Å². The highest BCUT2D eigenvalue weighted by atomic mass is 35.5. The molecule has 2 aromatic rings. The Morgan fingerprint density at radius 1 is 1.24 bits per heavy atom. The number of rotatable bonds is 4. The molecule has 2 heterocycles. The number of nitrogens with one attached hydrogen (secondary N) is 2. The largest absolute Gasteiger partial charge is 0.494 e. The Bertz CT molecular complexity index is 974. The maximum atomic E-state index is 12.9. The molecule has 7 nitrogen and oxygen atoms in total. The molecule has 1 saturated heterocycles. The van der Waals surface area contributed by atoms with Gasteiger partial charge in [-0.15, -0.1) is 0 Å². The molecule has 134 valence electrons. The van der Waals surface area contributed by atoms with Gasteiger partial charge in [0.05, 0.1) is 21.9 Å². The molecule has 25 heavy (non-hydrogen) atoms. The number of nitrogens with zero attached hydrogens (tertiary/aromatic N) is 1.